The minimum atomic E-state index is -2.13. The molecule has 6 heteroatoms. The molecule has 0 aromatic carbocycles. The largest absolute Gasteiger partial charge is 0.388 e. The fourth-order valence-corrected chi connectivity index (χ4v) is 3.34. The molecular formula is C19H36O6. The van der Waals surface area contributed by atoms with Gasteiger partial charge in [-0.05, 0) is 13.3 Å². The van der Waals surface area contributed by atoms with Gasteiger partial charge >= 0.3 is 0 Å². The Morgan fingerprint density at radius 3 is 2.00 bits per heavy atom. The highest BCUT2D eigenvalue weighted by Crippen LogP contribution is 2.31. The van der Waals surface area contributed by atoms with Gasteiger partial charge in [0.2, 0.25) is 5.79 Å². The monoisotopic (exact) mass is 360 g/mol. The summed E-state index contributed by atoms with van der Waals surface area (Å²) in [5.74, 6) is -2.34. The standard InChI is InChI=1S/C19H36O6/c1-3-4-5-6-7-8-9-10-11-12-15(20)13-19(24)18(23)17(22)16(21)14(2)25-19/h14,16-18,21-24H,3-13H2,1-2H3/t14-,16+,17+,18-,19+/m0/s1. The lowest BCUT2D eigenvalue weighted by atomic mass is 9.89. The summed E-state index contributed by atoms with van der Waals surface area (Å²) in [6.07, 6.45) is 4.95. The predicted molar refractivity (Wildman–Crippen MR) is 95.0 cm³/mol. The van der Waals surface area contributed by atoms with Crippen molar-refractivity contribution in [3.05, 3.63) is 0 Å². The maximum absolute atomic E-state index is 12.1. The number of ketones is 1. The molecule has 4 N–H and O–H groups in total. The van der Waals surface area contributed by atoms with Crippen LogP contribution in [-0.2, 0) is 9.53 Å². The van der Waals surface area contributed by atoms with Crippen LogP contribution in [0.5, 0.6) is 0 Å². The van der Waals surface area contributed by atoms with Crippen LogP contribution in [0.3, 0.4) is 0 Å². The van der Waals surface area contributed by atoms with E-state index in [1.165, 1.54) is 45.4 Å². The summed E-state index contributed by atoms with van der Waals surface area (Å²) in [7, 11) is 0. The number of hydrogen-bond donors (Lipinski definition) is 4. The molecule has 0 aromatic heterocycles. The molecule has 0 spiro atoms. The molecule has 25 heavy (non-hydrogen) atoms. The van der Waals surface area contributed by atoms with Gasteiger partial charge in [-0.1, -0.05) is 58.3 Å². The zero-order chi connectivity index (χ0) is 18.9. The highest BCUT2D eigenvalue weighted by Gasteiger charge is 2.52. The number of Topliss-reactive ketones (excluding diaryl/α,β-unsaturated/α-hetero) is 1. The van der Waals surface area contributed by atoms with Crippen LogP contribution >= 0.6 is 0 Å². The van der Waals surface area contributed by atoms with Crippen molar-refractivity contribution < 1.29 is 30.0 Å². The summed E-state index contributed by atoms with van der Waals surface area (Å²) >= 11 is 0. The molecule has 0 unspecified atom stereocenters. The van der Waals surface area contributed by atoms with Crippen LogP contribution in [0.4, 0.5) is 0 Å². The van der Waals surface area contributed by atoms with E-state index in [0.717, 1.165) is 19.3 Å². The number of aliphatic hydroxyl groups excluding tert-OH is 3. The lowest BCUT2D eigenvalue weighted by molar-refractivity contribution is -0.341. The van der Waals surface area contributed by atoms with Crippen molar-refractivity contribution >= 4 is 5.78 Å². The maximum Gasteiger partial charge on any atom is 0.202 e. The second-order valence-corrected chi connectivity index (χ2v) is 7.39. The zero-order valence-electron chi connectivity index (χ0n) is 15.7. The second-order valence-electron chi connectivity index (χ2n) is 7.39. The highest BCUT2D eigenvalue weighted by molar-refractivity contribution is 5.79. The van der Waals surface area contributed by atoms with Gasteiger partial charge in [-0.25, -0.2) is 0 Å². The van der Waals surface area contributed by atoms with Gasteiger partial charge in [0, 0.05) is 6.42 Å². The van der Waals surface area contributed by atoms with Crippen LogP contribution in [0.2, 0.25) is 0 Å². The van der Waals surface area contributed by atoms with Gasteiger partial charge in [-0.2, -0.15) is 0 Å². The average molecular weight is 360 g/mol. The molecule has 0 bridgehead atoms. The number of rotatable bonds is 12. The molecule has 0 amide bonds. The predicted octanol–water partition coefficient (Wildman–Crippen LogP) is 2.06. The molecule has 1 aliphatic rings. The molecule has 0 radical (unpaired) electrons. The summed E-state index contributed by atoms with van der Waals surface area (Å²) < 4.78 is 5.21. The second kappa shape index (κ2) is 11.2. The molecule has 0 aromatic rings. The van der Waals surface area contributed by atoms with E-state index < -0.39 is 30.2 Å². The van der Waals surface area contributed by atoms with E-state index in [0.29, 0.717) is 6.42 Å². The Morgan fingerprint density at radius 2 is 1.44 bits per heavy atom. The van der Waals surface area contributed by atoms with Crippen LogP contribution in [0.25, 0.3) is 0 Å². The SMILES string of the molecule is CCCCCCCCCCCC(=O)C[C@@]1(O)O[C@@H](C)[C@@H](O)[C@@H](O)[C@@H]1O. The minimum absolute atomic E-state index is 0.208. The number of ether oxygens (including phenoxy) is 1. The van der Waals surface area contributed by atoms with E-state index in [-0.39, 0.29) is 12.2 Å². The fourth-order valence-electron chi connectivity index (χ4n) is 3.34. The molecule has 6 nitrogen and oxygen atoms in total. The van der Waals surface area contributed by atoms with Crippen LogP contribution < -0.4 is 0 Å². The van der Waals surface area contributed by atoms with Crippen molar-refractivity contribution in [2.45, 2.75) is 115 Å². The smallest absolute Gasteiger partial charge is 0.202 e. The molecule has 1 rings (SSSR count). The molecule has 1 aliphatic heterocycles. The van der Waals surface area contributed by atoms with Crippen LogP contribution in [0.1, 0.15) is 84.5 Å². The Labute approximate surface area is 151 Å². The molecule has 1 fully saturated rings. The minimum Gasteiger partial charge on any atom is -0.388 e. The third-order valence-corrected chi connectivity index (χ3v) is 5.02. The van der Waals surface area contributed by atoms with Crippen LogP contribution in [-0.4, -0.2) is 56.4 Å². The van der Waals surface area contributed by atoms with Crippen LogP contribution in [0.15, 0.2) is 0 Å². The molecule has 1 heterocycles. The Balaban J connectivity index is 2.21. The van der Waals surface area contributed by atoms with E-state index in [4.69, 9.17) is 4.74 Å². The van der Waals surface area contributed by atoms with Crippen molar-refractivity contribution in [1.29, 1.82) is 0 Å². The molecular weight excluding hydrogens is 324 g/mol. The van der Waals surface area contributed by atoms with E-state index >= 15 is 0 Å². The Morgan fingerprint density at radius 1 is 0.920 bits per heavy atom. The molecule has 0 aliphatic carbocycles. The van der Waals surface area contributed by atoms with Crippen LogP contribution in [0, 0.1) is 0 Å². The number of carbonyl (C=O) groups excluding carboxylic acids is 1. The average Bonchev–Trinajstić information content (AvgIpc) is 2.56. The van der Waals surface area contributed by atoms with Crippen molar-refractivity contribution in [3.8, 4) is 0 Å². The van der Waals surface area contributed by atoms with Crippen molar-refractivity contribution in [1.82, 2.24) is 0 Å². The molecule has 0 saturated carbocycles. The van der Waals surface area contributed by atoms with Gasteiger partial charge in [-0.3, -0.25) is 4.79 Å². The quantitative estimate of drug-likeness (QED) is 0.397. The highest BCUT2D eigenvalue weighted by atomic mass is 16.7. The number of hydrogen-bond acceptors (Lipinski definition) is 6. The van der Waals surface area contributed by atoms with Gasteiger partial charge in [-0.15, -0.1) is 0 Å². The summed E-state index contributed by atoms with van der Waals surface area (Å²) in [5.41, 5.74) is 0. The normalized spacial score (nSPS) is 32.7. The van der Waals surface area contributed by atoms with Gasteiger partial charge < -0.3 is 25.2 Å². The first-order chi connectivity index (χ1) is 11.8. The first kappa shape index (κ1) is 22.5. The summed E-state index contributed by atoms with van der Waals surface area (Å²) in [5, 5.41) is 39.7. The molecule has 5 atom stereocenters. The maximum atomic E-state index is 12.1. The van der Waals surface area contributed by atoms with Gasteiger partial charge in [0.1, 0.15) is 24.1 Å². The Bertz CT molecular complexity index is 388. The zero-order valence-corrected chi connectivity index (χ0v) is 15.7. The van der Waals surface area contributed by atoms with E-state index in [9.17, 15) is 25.2 Å². The number of unbranched alkanes of at least 4 members (excludes halogenated alkanes) is 8. The summed E-state index contributed by atoms with van der Waals surface area (Å²) in [6.45, 7) is 3.68. The summed E-state index contributed by atoms with van der Waals surface area (Å²) in [6, 6.07) is 0. The van der Waals surface area contributed by atoms with E-state index in [2.05, 4.69) is 6.92 Å². The lowest BCUT2D eigenvalue weighted by Gasteiger charge is -2.44. The first-order valence-electron chi connectivity index (χ1n) is 9.78. The van der Waals surface area contributed by atoms with Crippen molar-refractivity contribution in [3.63, 3.8) is 0 Å². The topological polar surface area (TPSA) is 107 Å². The van der Waals surface area contributed by atoms with Crippen molar-refractivity contribution in [2.75, 3.05) is 0 Å². The molecule has 1 saturated heterocycles. The number of carbonyl (C=O) groups is 1. The van der Waals surface area contributed by atoms with Gasteiger partial charge in [0.25, 0.3) is 0 Å². The van der Waals surface area contributed by atoms with E-state index in [1.54, 1.807) is 0 Å². The first-order valence-corrected chi connectivity index (χ1v) is 9.78. The van der Waals surface area contributed by atoms with Gasteiger partial charge in [0.15, 0.2) is 0 Å². The third-order valence-electron chi connectivity index (χ3n) is 5.02. The van der Waals surface area contributed by atoms with E-state index in [1.807, 2.05) is 0 Å². The molecule has 148 valence electrons. The fraction of sp³-hybridized carbons (Fsp3) is 0.947. The third kappa shape index (κ3) is 7.31. The van der Waals surface area contributed by atoms with Crippen molar-refractivity contribution in [2.24, 2.45) is 0 Å². The number of aliphatic hydroxyl groups is 4. The lowest BCUT2D eigenvalue weighted by Crippen LogP contribution is -2.64. The van der Waals surface area contributed by atoms with Gasteiger partial charge in [0.05, 0.1) is 12.5 Å². The Hall–Kier alpha value is -0.530. The summed E-state index contributed by atoms with van der Waals surface area (Å²) in [4.78, 5) is 12.1. The Kier molecular flexibility index (Phi) is 10.1.